The largest absolute Gasteiger partial charge is 0.393 e. The lowest BCUT2D eigenvalue weighted by Crippen LogP contribution is -2.20. The second-order valence-corrected chi connectivity index (χ2v) is 6.04. The van der Waals surface area contributed by atoms with Gasteiger partial charge >= 0.3 is 0 Å². The van der Waals surface area contributed by atoms with Gasteiger partial charge in [0, 0.05) is 0 Å². The molecule has 1 aliphatic rings. The Morgan fingerprint density at radius 1 is 1.08 bits per heavy atom. The molecule has 0 aromatic heterocycles. The first kappa shape index (κ1) is 9.18. The summed E-state index contributed by atoms with van der Waals surface area (Å²) < 4.78 is 0. The van der Waals surface area contributed by atoms with Crippen molar-refractivity contribution < 1.29 is 5.11 Å². The zero-order valence-electron chi connectivity index (χ0n) is 7.69. The standard InChI is InChI=1S/C11H15OP/c12-10-6-8-13(9-7-10)11-4-2-1-3-5-11/h1-5,10,12H,6-9H2. The van der Waals surface area contributed by atoms with Gasteiger partial charge in [-0.1, -0.05) is 38.3 Å². The van der Waals surface area contributed by atoms with E-state index >= 15 is 0 Å². The molecule has 0 saturated carbocycles. The third-order valence-electron chi connectivity index (χ3n) is 2.59. The molecule has 70 valence electrons. The maximum atomic E-state index is 9.38. The van der Waals surface area contributed by atoms with Crippen molar-refractivity contribution in [2.75, 3.05) is 12.3 Å². The Morgan fingerprint density at radius 2 is 1.69 bits per heavy atom. The molecule has 0 bridgehead atoms. The van der Waals surface area contributed by atoms with Crippen molar-refractivity contribution in [3.05, 3.63) is 30.3 Å². The highest BCUT2D eigenvalue weighted by Crippen LogP contribution is 2.40. The number of benzene rings is 1. The zero-order valence-corrected chi connectivity index (χ0v) is 8.58. The van der Waals surface area contributed by atoms with Crippen molar-refractivity contribution in [1.82, 2.24) is 0 Å². The Hall–Kier alpha value is -0.390. The minimum absolute atomic E-state index is 0.0255. The van der Waals surface area contributed by atoms with Gasteiger partial charge in [0.05, 0.1) is 6.10 Å². The minimum Gasteiger partial charge on any atom is -0.393 e. The first-order chi connectivity index (χ1) is 6.36. The Labute approximate surface area is 80.5 Å². The summed E-state index contributed by atoms with van der Waals surface area (Å²) >= 11 is 0. The monoisotopic (exact) mass is 194 g/mol. The summed E-state index contributed by atoms with van der Waals surface area (Å²) in [6, 6.07) is 10.7. The summed E-state index contributed by atoms with van der Waals surface area (Å²) in [5.74, 6) is 0. The van der Waals surface area contributed by atoms with Crippen LogP contribution in [-0.4, -0.2) is 23.5 Å². The van der Waals surface area contributed by atoms with Crippen molar-refractivity contribution in [2.24, 2.45) is 0 Å². The van der Waals surface area contributed by atoms with Gasteiger partial charge in [-0.2, -0.15) is 0 Å². The van der Waals surface area contributed by atoms with Gasteiger partial charge in [-0.05, 0) is 30.5 Å². The number of aliphatic hydroxyl groups excluding tert-OH is 1. The lowest BCUT2D eigenvalue weighted by Gasteiger charge is -2.26. The molecule has 2 heteroatoms. The molecule has 1 aromatic carbocycles. The van der Waals surface area contributed by atoms with Gasteiger partial charge in [0.15, 0.2) is 0 Å². The maximum absolute atomic E-state index is 9.38. The zero-order chi connectivity index (χ0) is 9.10. The van der Waals surface area contributed by atoms with Crippen molar-refractivity contribution in [1.29, 1.82) is 0 Å². The van der Waals surface area contributed by atoms with Gasteiger partial charge in [0.1, 0.15) is 0 Å². The van der Waals surface area contributed by atoms with Crippen LogP contribution in [-0.2, 0) is 0 Å². The summed E-state index contributed by atoms with van der Waals surface area (Å²) in [7, 11) is 0.0465. The van der Waals surface area contributed by atoms with Crippen LogP contribution in [0, 0.1) is 0 Å². The fourth-order valence-electron chi connectivity index (χ4n) is 1.76. The maximum Gasteiger partial charge on any atom is 0.0547 e. The van der Waals surface area contributed by atoms with Crippen LogP contribution in [0.3, 0.4) is 0 Å². The number of hydrogen-bond acceptors (Lipinski definition) is 1. The van der Waals surface area contributed by atoms with Crippen LogP contribution >= 0.6 is 7.92 Å². The molecule has 2 rings (SSSR count). The summed E-state index contributed by atoms with van der Waals surface area (Å²) in [6.07, 6.45) is 4.39. The molecule has 0 aliphatic carbocycles. The van der Waals surface area contributed by atoms with E-state index in [1.54, 1.807) is 0 Å². The summed E-state index contributed by atoms with van der Waals surface area (Å²) in [4.78, 5) is 0. The van der Waals surface area contributed by atoms with Crippen molar-refractivity contribution in [2.45, 2.75) is 18.9 Å². The molecule has 1 N–H and O–H groups in total. The average Bonchev–Trinajstić information content (AvgIpc) is 2.20. The third-order valence-corrected chi connectivity index (χ3v) is 5.21. The lowest BCUT2D eigenvalue weighted by molar-refractivity contribution is 0.165. The van der Waals surface area contributed by atoms with Crippen molar-refractivity contribution in [3.63, 3.8) is 0 Å². The SMILES string of the molecule is OC1CCP(c2ccccc2)CC1. The van der Waals surface area contributed by atoms with E-state index in [2.05, 4.69) is 30.3 Å². The van der Waals surface area contributed by atoms with Gasteiger partial charge in [-0.25, -0.2) is 0 Å². The van der Waals surface area contributed by atoms with E-state index in [-0.39, 0.29) is 14.0 Å². The molecule has 1 saturated heterocycles. The quantitative estimate of drug-likeness (QED) is 0.677. The Balaban J connectivity index is 2.03. The van der Waals surface area contributed by atoms with Crippen molar-refractivity contribution >= 4 is 13.2 Å². The fraction of sp³-hybridized carbons (Fsp3) is 0.455. The van der Waals surface area contributed by atoms with Crippen LogP contribution in [0.15, 0.2) is 30.3 Å². The second-order valence-electron chi connectivity index (χ2n) is 3.55. The smallest absolute Gasteiger partial charge is 0.0547 e. The molecule has 0 radical (unpaired) electrons. The molecule has 1 aromatic rings. The van der Waals surface area contributed by atoms with Crippen LogP contribution < -0.4 is 5.30 Å². The molecule has 0 atom stereocenters. The van der Waals surface area contributed by atoms with Crippen molar-refractivity contribution in [3.8, 4) is 0 Å². The minimum atomic E-state index is -0.0255. The first-order valence-corrected chi connectivity index (χ1v) is 6.55. The highest BCUT2D eigenvalue weighted by Gasteiger charge is 2.19. The van der Waals surface area contributed by atoms with Gasteiger partial charge in [0.2, 0.25) is 0 Å². The van der Waals surface area contributed by atoms with Crippen LogP contribution in [0.4, 0.5) is 0 Å². The molecule has 0 unspecified atom stereocenters. The highest BCUT2D eigenvalue weighted by atomic mass is 31.1. The molecule has 0 spiro atoms. The van der Waals surface area contributed by atoms with E-state index in [1.165, 1.54) is 17.6 Å². The van der Waals surface area contributed by atoms with Crippen LogP contribution in [0.1, 0.15) is 12.8 Å². The van der Waals surface area contributed by atoms with E-state index in [4.69, 9.17) is 0 Å². The van der Waals surface area contributed by atoms with Crippen LogP contribution in [0.2, 0.25) is 0 Å². The average molecular weight is 194 g/mol. The molecule has 0 amide bonds. The fourth-order valence-corrected chi connectivity index (χ4v) is 4.32. The lowest BCUT2D eigenvalue weighted by atomic mass is 10.2. The Morgan fingerprint density at radius 3 is 2.31 bits per heavy atom. The van der Waals surface area contributed by atoms with E-state index in [0.29, 0.717) is 0 Å². The Kier molecular flexibility index (Phi) is 2.97. The van der Waals surface area contributed by atoms with Gasteiger partial charge in [-0.15, -0.1) is 0 Å². The summed E-state index contributed by atoms with van der Waals surface area (Å²) in [6.45, 7) is 0. The Bertz CT molecular complexity index is 252. The molecular weight excluding hydrogens is 179 g/mol. The molecule has 1 aliphatic heterocycles. The number of rotatable bonds is 1. The summed E-state index contributed by atoms with van der Waals surface area (Å²) in [5, 5.41) is 10.9. The van der Waals surface area contributed by atoms with Gasteiger partial charge in [0.25, 0.3) is 0 Å². The van der Waals surface area contributed by atoms with Gasteiger partial charge < -0.3 is 5.11 Å². The molecule has 1 heterocycles. The third kappa shape index (κ3) is 2.30. The topological polar surface area (TPSA) is 20.2 Å². The molecule has 13 heavy (non-hydrogen) atoms. The molecule has 1 nitrogen and oxygen atoms in total. The second kappa shape index (κ2) is 4.21. The number of aliphatic hydroxyl groups is 1. The summed E-state index contributed by atoms with van der Waals surface area (Å²) in [5.41, 5.74) is 0. The van der Waals surface area contributed by atoms with Crippen LogP contribution in [0.25, 0.3) is 0 Å². The van der Waals surface area contributed by atoms with E-state index < -0.39 is 0 Å². The van der Waals surface area contributed by atoms with E-state index in [9.17, 15) is 5.11 Å². The van der Waals surface area contributed by atoms with E-state index in [1.807, 2.05) is 0 Å². The van der Waals surface area contributed by atoms with Crippen LogP contribution in [0.5, 0.6) is 0 Å². The van der Waals surface area contributed by atoms with Gasteiger partial charge in [-0.3, -0.25) is 0 Å². The molecular formula is C11H15OP. The van der Waals surface area contributed by atoms with E-state index in [0.717, 1.165) is 12.8 Å². The predicted molar refractivity (Wildman–Crippen MR) is 58.0 cm³/mol. The first-order valence-electron chi connectivity index (χ1n) is 4.84. The predicted octanol–water partition coefficient (Wildman–Crippen LogP) is 1.95. The normalized spacial score (nSPS) is 28.7. The highest BCUT2D eigenvalue weighted by molar-refractivity contribution is 7.65. The number of hydrogen-bond donors (Lipinski definition) is 1. The molecule has 1 fully saturated rings.